The van der Waals surface area contributed by atoms with Crippen LogP contribution in [-0.2, 0) is 10.0 Å². The standard InChI is InChI=1S/C16H19ClN4O3S2/c1-16(2,3)21-26(23,24)12-8-10(6-7-11(12)17)13(22)18-15-20-19-14(25-15)9-4-5-9/h6-9,21H,4-5H2,1-3H3,(H,18,20,22). The number of carbonyl (C=O) groups is 1. The van der Waals surface area contributed by atoms with Gasteiger partial charge >= 0.3 is 0 Å². The average Bonchev–Trinajstić information content (AvgIpc) is 3.25. The summed E-state index contributed by atoms with van der Waals surface area (Å²) in [6, 6.07) is 4.12. The highest BCUT2D eigenvalue weighted by Gasteiger charge is 2.28. The predicted molar refractivity (Wildman–Crippen MR) is 101 cm³/mol. The van der Waals surface area contributed by atoms with Crippen LogP contribution < -0.4 is 10.0 Å². The zero-order chi connectivity index (χ0) is 19.1. The van der Waals surface area contributed by atoms with Gasteiger partial charge in [0.05, 0.1) is 5.02 Å². The molecule has 1 aromatic carbocycles. The fourth-order valence-electron chi connectivity index (χ4n) is 2.26. The Morgan fingerprint density at radius 3 is 2.58 bits per heavy atom. The molecular formula is C16H19ClN4O3S2. The first kappa shape index (κ1) is 19.2. The number of rotatable bonds is 5. The molecule has 10 heteroatoms. The summed E-state index contributed by atoms with van der Waals surface area (Å²) in [5.41, 5.74) is -0.501. The molecule has 1 heterocycles. The van der Waals surface area contributed by atoms with Gasteiger partial charge in [-0.3, -0.25) is 10.1 Å². The summed E-state index contributed by atoms with van der Waals surface area (Å²) in [7, 11) is -3.86. The van der Waals surface area contributed by atoms with E-state index in [0.29, 0.717) is 11.0 Å². The summed E-state index contributed by atoms with van der Waals surface area (Å²) < 4.78 is 27.6. The largest absolute Gasteiger partial charge is 0.296 e. The van der Waals surface area contributed by atoms with E-state index < -0.39 is 21.5 Å². The molecular weight excluding hydrogens is 396 g/mol. The van der Waals surface area contributed by atoms with Crippen molar-refractivity contribution in [3.8, 4) is 0 Å². The van der Waals surface area contributed by atoms with Crippen LogP contribution in [0.5, 0.6) is 0 Å². The summed E-state index contributed by atoms with van der Waals surface area (Å²) in [6.45, 7) is 5.17. The third-order valence-corrected chi connectivity index (χ3v) is 6.75. The van der Waals surface area contributed by atoms with E-state index >= 15 is 0 Å². The molecule has 0 atom stereocenters. The molecule has 26 heavy (non-hydrogen) atoms. The number of carbonyl (C=O) groups excluding carboxylic acids is 1. The van der Waals surface area contributed by atoms with Gasteiger partial charge in [-0.15, -0.1) is 10.2 Å². The van der Waals surface area contributed by atoms with E-state index in [1.165, 1.54) is 29.5 Å². The molecule has 0 unspecified atom stereocenters. The van der Waals surface area contributed by atoms with E-state index in [2.05, 4.69) is 20.2 Å². The molecule has 0 aliphatic heterocycles. The Balaban J connectivity index is 1.82. The lowest BCUT2D eigenvalue weighted by atomic mass is 10.1. The number of aromatic nitrogens is 2. The summed E-state index contributed by atoms with van der Waals surface area (Å²) in [4.78, 5) is 12.3. The van der Waals surface area contributed by atoms with Crippen LogP contribution in [0.1, 0.15) is 54.9 Å². The Morgan fingerprint density at radius 2 is 1.96 bits per heavy atom. The van der Waals surface area contributed by atoms with E-state index in [1.807, 2.05) is 0 Å². The number of halogens is 1. The Bertz CT molecular complexity index is 947. The first-order chi connectivity index (χ1) is 12.0. The van der Waals surface area contributed by atoms with Gasteiger partial charge in [-0.2, -0.15) is 0 Å². The second-order valence-electron chi connectivity index (χ2n) is 7.17. The average molecular weight is 415 g/mol. The van der Waals surface area contributed by atoms with Gasteiger partial charge in [0, 0.05) is 17.0 Å². The second kappa shape index (κ2) is 6.88. The van der Waals surface area contributed by atoms with Crippen molar-refractivity contribution >= 4 is 44.0 Å². The van der Waals surface area contributed by atoms with Crippen LogP contribution in [0.4, 0.5) is 5.13 Å². The Kier molecular flexibility index (Phi) is 5.08. The minimum atomic E-state index is -3.86. The van der Waals surface area contributed by atoms with Gasteiger partial charge in [-0.25, -0.2) is 13.1 Å². The van der Waals surface area contributed by atoms with Gasteiger partial charge < -0.3 is 0 Å². The lowest BCUT2D eigenvalue weighted by Crippen LogP contribution is -2.40. The van der Waals surface area contributed by atoms with E-state index in [1.54, 1.807) is 20.8 Å². The van der Waals surface area contributed by atoms with Crippen LogP contribution in [-0.4, -0.2) is 30.1 Å². The Labute approximate surface area is 161 Å². The highest BCUT2D eigenvalue weighted by atomic mass is 35.5. The molecule has 3 rings (SSSR count). The summed E-state index contributed by atoms with van der Waals surface area (Å²) in [5.74, 6) is -0.0127. The topological polar surface area (TPSA) is 101 Å². The first-order valence-electron chi connectivity index (χ1n) is 8.03. The highest BCUT2D eigenvalue weighted by Crippen LogP contribution is 2.42. The molecule has 2 N–H and O–H groups in total. The van der Waals surface area contributed by atoms with Crippen molar-refractivity contribution in [3.05, 3.63) is 33.8 Å². The monoisotopic (exact) mass is 414 g/mol. The van der Waals surface area contributed by atoms with Gasteiger partial charge in [0.2, 0.25) is 15.2 Å². The zero-order valence-corrected chi connectivity index (χ0v) is 16.9. The minimum Gasteiger partial charge on any atom is -0.296 e. The van der Waals surface area contributed by atoms with Crippen LogP contribution >= 0.6 is 22.9 Å². The van der Waals surface area contributed by atoms with Crippen molar-refractivity contribution in [2.45, 2.75) is 50.0 Å². The summed E-state index contributed by atoms with van der Waals surface area (Å²) in [5, 5.41) is 12.0. The van der Waals surface area contributed by atoms with Crippen molar-refractivity contribution in [3.63, 3.8) is 0 Å². The molecule has 0 spiro atoms. The number of hydrogen-bond donors (Lipinski definition) is 2. The van der Waals surface area contributed by atoms with E-state index in [0.717, 1.165) is 17.8 Å². The van der Waals surface area contributed by atoms with Crippen molar-refractivity contribution < 1.29 is 13.2 Å². The lowest BCUT2D eigenvalue weighted by Gasteiger charge is -2.21. The normalized spacial score (nSPS) is 15.1. The van der Waals surface area contributed by atoms with Crippen LogP contribution in [0.3, 0.4) is 0 Å². The van der Waals surface area contributed by atoms with Crippen molar-refractivity contribution in [1.82, 2.24) is 14.9 Å². The fraction of sp³-hybridized carbons (Fsp3) is 0.438. The predicted octanol–water partition coefficient (Wildman–Crippen LogP) is 3.40. The molecule has 0 radical (unpaired) electrons. The molecule has 1 aliphatic carbocycles. The molecule has 2 aromatic rings. The molecule has 1 aliphatic rings. The lowest BCUT2D eigenvalue weighted by molar-refractivity contribution is 0.102. The zero-order valence-electron chi connectivity index (χ0n) is 14.5. The van der Waals surface area contributed by atoms with Crippen molar-refractivity contribution in [2.24, 2.45) is 0 Å². The van der Waals surface area contributed by atoms with Gasteiger partial charge in [-0.05, 0) is 51.8 Å². The molecule has 1 aromatic heterocycles. The maximum absolute atomic E-state index is 12.5. The molecule has 1 saturated carbocycles. The molecule has 1 amide bonds. The number of anilines is 1. The van der Waals surface area contributed by atoms with Gasteiger partial charge in [0.25, 0.3) is 5.91 Å². The van der Waals surface area contributed by atoms with E-state index in [-0.39, 0.29) is 15.5 Å². The first-order valence-corrected chi connectivity index (χ1v) is 10.7. The smallest absolute Gasteiger partial charge is 0.257 e. The van der Waals surface area contributed by atoms with E-state index in [9.17, 15) is 13.2 Å². The van der Waals surface area contributed by atoms with Gasteiger partial charge in [0.15, 0.2) is 0 Å². The molecule has 7 nitrogen and oxygen atoms in total. The number of benzene rings is 1. The molecule has 1 fully saturated rings. The molecule has 140 valence electrons. The van der Waals surface area contributed by atoms with E-state index in [4.69, 9.17) is 11.6 Å². The number of hydrogen-bond acceptors (Lipinski definition) is 6. The molecule has 0 bridgehead atoms. The fourth-order valence-corrected chi connectivity index (χ4v) is 5.11. The van der Waals surface area contributed by atoms with Gasteiger partial charge in [-0.1, -0.05) is 22.9 Å². The Morgan fingerprint density at radius 1 is 1.27 bits per heavy atom. The number of sulfonamides is 1. The number of nitrogens with zero attached hydrogens (tertiary/aromatic N) is 2. The van der Waals surface area contributed by atoms with Crippen LogP contribution in [0.2, 0.25) is 5.02 Å². The quantitative estimate of drug-likeness (QED) is 0.780. The maximum atomic E-state index is 12.5. The third kappa shape index (κ3) is 4.59. The summed E-state index contributed by atoms with van der Waals surface area (Å²) in [6.07, 6.45) is 2.20. The second-order valence-corrected chi connectivity index (χ2v) is 10.2. The summed E-state index contributed by atoms with van der Waals surface area (Å²) >= 11 is 7.38. The van der Waals surface area contributed by atoms with Crippen molar-refractivity contribution in [2.75, 3.05) is 5.32 Å². The minimum absolute atomic E-state index is 0.0465. The number of amides is 1. The SMILES string of the molecule is CC(C)(C)NS(=O)(=O)c1cc(C(=O)Nc2nnc(C3CC3)s2)ccc1Cl. The van der Waals surface area contributed by atoms with Crippen LogP contribution in [0.15, 0.2) is 23.1 Å². The van der Waals surface area contributed by atoms with Gasteiger partial charge in [0.1, 0.15) is 9.90 Å². The maximum Gasteiger partial charge on any atom is 0.257 e. The van der Waals surface area contributed by atoms with Crippen LogP contribution in [0, 0.1) is 0 Å². The molecule has 0 saturated heterocycles. The number of nitrogens with one attached hydrogen (secondary N) is 2. The Hall–Kier alpha value is -1.55. The third-order valence-electron chi connectivity index (χ3n) is 3.51. The van der Waals surface area contributed by atoms with Crippen molar-refractivity contribution in [1.29, 1.82) is 0 Å². The van der Waals surface area contributed by atoms with Crippen LogP contribution in [0.25, 0.3) is 0 Å². The highest BCUT2D eigenvalue weighted by molar-refractivity contribution is 7.89.